The molecule has 0 unspecified atom stereocenters. The molecule has 1 aliphatic rings. The number of nitrogens with zero attached hydrogens (tertiary/aromatic N) is 5. The van der Waals surface area contributed by atoms with E-state index in [1.165, 1.54) is 12.4 Å². The van der Waals surface area contributed by atoms with Gasteiger partial charge in [0.05, 0.1) is 10.4 Å². The molecule has 10 nitrogen and oxygen atoms in total. The van der Waals surface area contributed by atoms with Crippen molar-refractivity contribution in [1.29, 1.82) is 0 Å². The molecule has 0 aliphatic carbocycles. The number of hydrogen-bond acceptors (Lipinski definition) is 9. The third kappa shape index (κ3) is 6.34. The molecule has 2 heterocycles. The summed E-state index contributed by atoms with van der Waals surface area (Å²) in [4.78, 5) is 24.7. The number of anilines is 2. The first-order chi connectivity index (χ1) is 17.1. The normalized spacial score (nSPS) is 14.7. The molecule has 2 N–H and O–H groups in total. The number of nitro groups is 1. The molecule has 1 aliphatic heterocycles. The van der Waals surface area contributed by atoms with Crippen molar-refractivity contribution >= 4 is 28.1 Å². The number of rotatable bonds is 11. The highest BCUT2D eigenvalue weighted by Crippen LogP contribution is 2.32. The zero-order valence-corrected chi connectivity index (χ0v) is 20.4. The lowest BCUT2D eigenvalue weighted by Gasteiger charge is -2.33. The summed E-state index contributed by atoms with van der Waals surface area (Å²) >= 11 is 0. The van der Waals surface area contributed by atoms with E-state index in [2.05, 4.69) is 37.3 Å². The average Bonchev–Trinajstić information content (AvgIpc) is 2.88. The van der Waals surface area contributed by atoms with Gasteiger partial charge in [0.15, 0.2) is 0 Å². The molecule has 186 valence electrons. The van der Waals surface area contributed by atoms with Gasteiger partial charge in [-0.05, 0) is 37.2 Å². The standard InChI is InChI=1S/C25H33N7O3/c1-3-26-23-16-22-21(15-24(23)32(33)34)25(29-18-28-22)27-17-19-5-7-20(8-6-19)35-14-13-31-11-9-30(4-2)10-12-31/h5-8,15-16,18,26H,3-4,9-14,17H2,1-2H3,(H,27,28,29). The number of nitro benzene ring substituents is 1. The molecule has 35 heavy (non-hydrogen) atoms. The van der Waals surface area contributed by atoms with Crippen LogP contribution in [0.3, 0.4) is 0 Å². The minimum atomic E-state index is -0.391. The Labute approximate surface area is 205 Å². The molecule has 1 aromatic heterocycles. The van der Waals surface area contributed by atoms with Crippen LogP contribution in [-0.4, -0.2) is 77.1 Å². The van der Waals surface area contributed by atoms with E-state index in [1.807, 2.05) is 31.2 Å². The Hall–Kier alpha value is -3.50. The van der Waals surface area contributed by atoms with Crippen LogP contribution in [0.5, 0.6) is 5.75 Å². The van der Waals surface area contributed by atoms with Gasteiger partial charge in [-0.15, -0.1) is 0 Å². The average molecular weight is 480 g/mol. The molecule has 1 saturated heterocycles. The highest BCUT2D eigenvalue weighted by molar-refractivity contribution is 5.94. The van der Waals surface area contributed by atoms with Crippen molar-refractivity contribution in [3.8, 4) is 5.75 Å². The van der Waals surface area contributed by atoms with Crippen LogP contribution < -0.4 is 15.4 Å². The first kappa shape index (κ1) is 24.6. The van der Waals surface area contributed by atoms with Crippen LogP contribution in [0.25, 0.3) is 10.9 Å². The minimum absolute atomic E-state index is 0.00550. The largest absolute Gasteiger partial charge is 0.492 e. The van der Waals surface area contributed by atoms with Gasteiger partial charge < -0.3 is 20.3 Å². The second-order valence-corrected chi connectivity index (χ2v) is 8.52. The molecule has 10 heteroatoms. The minimum Gasteiger partial charge on any atom is -0.492 e. The van der Waals surface area contributed by atoms with Crippen molar-refractivity contribution in [2.75, 3.05) is 63.1 Å². The van der Waals surface area contributed by atoms with Gasteiger partial charge in [0.1, 0.15) is 30.2 Å². The van der Waals surface area contributed by atoms with Crippen LogP contribution in [0.1, 0.15) is 19.4 Å². The molecular formula is C25H33N7O3. The fourth-order valence-electron chi connectivity index (χ4n) is 4.23. The van der Waals surface area contributed by atoms with E-state index in [0.29, 0.717) is 42.1 Å². The predicted octanol–water partition coefficient (Wildman–Crippen LogP) is 3.60. The number of nitrogens with one attached hydrogen (secondary N) is 2. The third-order valence-electron chi connectivity index (χ3n) is 6.29. The van der Waals surface area contributed by atoms with E-state index in [0.717, 1.165) is 50.6 Å². The van der Waals surface area contributed by atoms with Crippen molar-refractivity contribution in [3.05, 3.63) is 58.4 Å². The first-order valence-electron chi connectivity index (χ1n) is 12.1. The molecule has 0 atom stereocenters. The quantitative estimate of drug-likeness (QED) is 0.315. The Bertz CT molecular complexity index is 1130. The van der Waals surface area contributed by atoms with Crippen LogP contribution >= 0.6 is 0 Å². The summed E-state index contributed by atoms with van der Waals surface area (Å²) in [5, 5.41) is 18.5. The summed E-state index contributed by atoms with van der Waals surface area (Å²) in [7, 11) is 0. The van der Waals surface area contributed by atoms with Crippen LogP contribution in [0.4, 0.5) is 17.2 Å². The molecule has 0 bridgehead atoms. The summed E-state index contributed by atoms with van der Waals surface area (Å²) in [5.41, 5.74) is 2.15. The van der Waals surface area contributed by atoms with Crippen molar-refractivity contribution in [2.45, 2.75) is 20.4 Å². The lowest BCUT2D eigenvalue weighted by molar-refractivity contribution is -0.383. The number of likely N-dealkylation sites (N-methyl/N-ethyl adjacent to an activating group) is 1. The second kappa shape index (κ2) is 11.8. The number of fused-ring (bicyclic) bond motifs is 1. The van der Waals surface area contributed by atoms with E-state index in [-0.39, 0.29) is 5.69 Å². The van der Waals surface area contributed by atoms with Crippen molar-refractivity contribution in [1.82, 2.24) is 19.8 Å². The molecule has 0 amide bonds. The van der Waals surface area contributed by atoms with Crippen molar-refractivity contribution in [2.24, 2.45) is 0 Å². The zero-order chi connectivity index (χ0) is 24.6. The molecular weight excluding hydrogens is 446 g/mol. The van der Waals surface area contributed by atoms with E-state index in [9.17, 15) is 10.1 Å². The van der Waals surface area contributed by atoms with Crippen LogP contribution in [-0.2, 0) is 6.54 Å². The topological polar surface area (TPSA) is 109 Å². The number of ether oxygens (including phenoxy) is 1. The third-order valence-corrected chi connectivity index (χ3v) is 6.29. The van der Waals surface area contributed by atoms with E-state index in [4.69, 9.17) is 4.74 Å². The molecule has 3 aromatic rings. The van der Waals surface area contributed by atoms with Crippen molar-refractivity contribution in [3.63, 3.8) is 0 Å². The maximum Gasteiger partial charge on any atom is 0.293 e. The SMILES string of the molecule is CCNc1cc2ncnc(NCc3ccc(OCCN4CCN(CC)CC4)cc3)c2cc1[N+](=O)[O-]. The van der Waals surface area contributed by atoms with Gasteiger partial charge in [0, 0.05) is 57.3 Å². The number of benzene rings is 2. The monoisotopic (exact) mass is 479 g/mol. The zero-order valence-electron chi connectivity index (χ0n) is 20.4. The number of piperazine rings is 1. The Morgan fingerprint density at radius 1 is 1.03 bits per heavy atom. The van der Waals surface area contributed by atoms with E-state index in [1.54, 1.807) is 6.07 Å². The van der Waals surface area contributed by atoms with Gasteiger partial charge in [0.25, 0.3) is 5.69 Å². The van der Waals surface area contributed by atoms with Gasteiger partial charge in [-0.1, -0.05) is 19.1 Å². The van der Waals surface area contributed by atoms with Gasteiger partial charge in [-0.3, -0.25) is 15.0 Å². The van der Waals surface area contributed by atoms with Crippen LogP contribution in [0.2, 0.25) is 0 Å². The Kier molecular flexibility index (Phi) is 8.27. The molecule has 4 rings (SSSR count). The van der Waals surface area contributed by atoms with Gasteiger partial charge in [-0.2, -0.15) is 0 Å². The summed E-state index contributed by atoms with van der Waals surface area (Å²) in [6, 6.07) is 11.2. The van der Waals surface area contributed by atoms with Crippen LogP contribution in [0.15, 0.2) is 42.7 Å². The fraction of sp³-hybridized carbons (Fsp3) is 0.440. The summed E-state index contributed by atoms with van der Waals surface area (Å²) < 4.78 is 5.94. The summed E-state index contributed by atoms with van der Waals surface area (Å²) in [5.74, 6) is 1.41. The Morgan fingerprint density at radius 2 is 1.77 bits per heavy atom. The Morgan fingerprint density at radius 3 is 2.46 bits per heavy atom. The molecule has 1 fully saturated rings. The lowest BCUT2D eigenvalue weighted by Crippen LogP contribution is -2.47. The lowest BCUT2D eigenvalue weighted by atomic mass is 10.1. The molecule has 0 saturated carbocycles. The first-order valence-corrected chi connectivity index (χ1v) is 12.1. The van der Waals surface area contributed by atoms with Gasteiger partial charge in [0.2, 0.25) is 0 Å². The summed E-state index contributed by atoms with van der Waals surface area (Å²) in [6.07, 6.45) is 1.46. The number of aromatic nitrogens is 2. The van der Waals surface area contributed by atoms with Gasteiger partial charge >= 0.3 is 0 Å². The highest BCUT2D eigenvalue weighted by Gasteiger charge is 2.18. The Balaban J connectivity index is 1.33. The molecule has 2 aromatic carbocycles. The van der Waals surface area contributed by atoms with Crippen molar-refractivity contribution < 1.29 is 9.66 Å². The highest BCUT2D eigenvalue weighted by atomic mass is 16.6. The van der Waals surface area contributed by atoms with Crippen LogP contribution in [0, 0.1) is 10.1 Å². The number of hydrogen-bond donors (Lipinski definition) is 2. The molecule has 0 spiro atoms. The predicted molar refractivity (Wildman–Crippen MR) is 138 cm³/mol. The second-order valence-electron chi connectivity index (χ2n) is 8.52. The maximum atomic E-state index is 11.5. The van der Waals surface area contributed by atoms with E-state index < -0.39 is 4.92 Å². The summed E-state index contributed by atoms with van der Waals surface area (Å²) in [6.45, 7) is 12.4. The van der Waals surface area contributed by atoms with Gasteiger partial charge in [-0.25, -0.2) is 9.97 Å². The smallest absolute Gasteiger partial charge is 0.293 e. The fourth-order valence-corrected chi connectivity index (χ4v) is 4.23. The maximum absolute atomic E-state index is 11.5. The molecule has 0 radical (unpaired) electrons. The van der Waals surface area contributed by atoms with E-state index >= 15 is 0 Å².